The van der Waals surface area contributed by atoms with Gasteiger partial charge in [0.1, 0.15) is 0 Å². The molecule has 7 aromatic rings. The third-order valence-corrected chi connectivity index (χ3v) is 8.45. The maximum Gasteiger partial charge on any atom is 0.197 e. The van der Waals surface area contributed by atoms with E-state index in [-0.39, 0.29) is 16.7 Å². The van der Waals surface area contributed by atoms with Crippen molar-refractivity contribution in [1.82, 2.24) is 0 Å². The molecule has 0 spiro atoms. The Morgan fingerprint density at radius 3 is 1.35 bits per heavy atom. The maximum absolute atomic E-state index is 16.1. The summed E-state index contributed by atoms with van der Waals surface area (Å²) in [6, 6.07) is 50.9. The molecule has 0 amide bonds. The second-order valence-corrected chi connectivity index (χ2v) is 11.4. The second kappa shape index (κ2) is 13.2. The Labute approximate surface area is 277 Å². The number of hydrogen-bond donors (Lipinski definition) is 0. The lowest BCUT2D eigenvalue weighted by Crippen LogP contribution is -2.16. The van der Waals surface area contributed by atoms with Crippen molar-refractivity contribution >= 4 is 11.6 Å². The standard InChI is InChI=1S/C44H28F2O2/c45-37-27-26-34(43(47)33-24-14-5-15-25-33)41(42(37)46)44(48)36-28-35(29-16-6-1-7-17-29)38(30-18-8-2-9-19-30)40(32-22-12-4-13-23-32)39(36)31-20-10-3-11-21-31/h1-28H. The first-order valence-electron chi connectivity index (χ1n) is 15.6. The van der Waals surface area contributed by atoms with Crippen LogP contribution < -0.4 is 0 Å². The van der Waals surface area contributed by atoms with Gasteiger partial charge >= 0.3 is 0 Å². The fraction of sp³-hybridized carbons (Fsp3) is 0. The highest BCUT2D eigenvalue weighted by Gasteiger charge is 2.31. The summed E-state index contributed by atoms with van der Waals surface area (Å²) < 4.78 is 31.1. The van der Waals surface area contributed by atoms with Gasteiger partial charge in [0.2, 0.25) is 0 Å². The smallest absolute Gasteiger partial charge is 0.197 e. The topological polar surface area (TPSA) is 34.1 Å². The molecule has 0 aliphatic heterocycles. The van der Waals surface area contributed by atoms with Crippen LogP contribution in [0, 0.1) is 11.6 Å². The number of rotatable bonds is 8. The van der Waals surface area contributed by atoms with Crippen molar-refractivity contribution in [3.8, 4) is 44.5 Å². The summed E-state index contributed by atoms with van der Waals surface area (Å²) in [4.78, 5) is 28.8. The van der Waals surface area contributed by atoms with E-state index >= 15 is 13.6 Å². The molecular weight excluding hydrogens is 598 g/mol. The summed E-state index contributed by atoms with van der Waals surface area (Å²) in [5, 5.41) is 0. The Hall–Kier alpha value is -6.26. The molecule has 0 heterocycles. The van der Waals surface area contributed by atoms with Crippen LogP contribution in [0.25, 0.3) is 44.5 Å². The third kappa shape index (κ3) is 5.65. The van der Waals surface area contributed by atoms with E-state index in [1.165, 1.54) is 6.07 Å². The molecule has 0 aromatic heterocycles. The van der Waals surface area contributed by atoms with Crippen LogP contribution in [0.2, 0.25) is 0 Å². The van der Waals surface area contributed by atoms with Crippen molar-refractivity contribution < 1.29 is 18.4 Å². The summed E-state index contributed by atoms with van der Waals surface area (Å²) in [6.45, 7) is 0. The molecular formula is C44H28F2O2. The third-order valence-electron chi connectivity index (χ3n) is 8.45. The van der Waals surface area contributed by atoms with Gasteiger partial charge in [0.15, 0.2) is 23.2 Å². The molecule has 0 aliphatic carbocycles. The lowest BCUT2D eigenvalue weighted by Gasteiger charge is -2.24. The van der Waals surface area contributed by atoms with Gasteiger partial charge in [-0.2, -0.15) is 0 Å². The molecule has 0 bridgehead atoms. The van der Waals surface area contributed by atoms with Gasteiger partial charge < -0.3 is 0 Å². The van der Waals surface area contributed by atoms with Crippen LogP contribution in [0.15, 0.2) is 170 Å². The molecule has 0 N–H and O–H groups in total. The predicted octanol–water partition coefficient (Wildman–Crippen LogP) is 11.1. The molecule has 0 saturated carbocycles. The molecule has 0 saturated heterocycles. The number of halogens is 2. The first-order chi connectivity index (χ1) is 23.5. The first kappa shape index (κ1) is 30.4. The fourth-order valence-electron chi connectivity index (χ4n) is 6.25. The van der Waals surface area contributed by atoms with Crippen molar-refractivity contribution in [2.45, 2.75) is 0 Å². The van der Waals surface area contributed by atoms with Crippen LogP contribution in [0.3, 0.4) is 0 Å². The highest BCUT2D eigenvalue weighted by molar-refractivity contribution is 6.23. The molecule has 0 fully saturated rings. The minimum atomic E-state index is -1.37. The van der Waals surface area contributed by atoms with E-state index in [4.69, 9.17) is 0 Å². The molecule has 7 rings (SSSR count). The van der Waals surface area contributed by atoms with Gasteiger partial charge in [-0.25, -0.2) is 8.78 Å². The highest BCUT2D eigenvalue weighted by Crippen LogP contribution is 2.48. The van der Waals surface area contributed by atoms with E-state index in [2.05, 4.69) is 0 Å². The zero-order chi connectivity index (χ0) is 33.0. The quantitative estimate of drug-likeness (QED) is 0.157. The van der Waals surface area contributed by atoms with Crippen molar-refractivity contribution in [3.63, 3.8) is 0 Å². The number of carbonyl (C=O) groups is 2. The van der Waals surface area contributed by atoms with Gasteiger partial charge in [0, 0.05) is 22.3 Å². The molecule has 48 heavy (non-hydrogen) atoms. The summed E-state index contributed by atoms with van der Waals surface area (Å²) >= 11 is 0. The van der Waals surface area contributed by atoms with Crippen LogP contribution in [-0.2, 0) is 0 Å². The van der Waals surface area contributed by atoms with E-state index in [1.54, 1.807) is 36.4 Å². The van der Waals surface area contributed by atoms with Gasteiger partial charge in [-0.3, -0.25) is 9.59 Å². The SMILES string of the molecule is O=C(c1ccccc1)c1ccc(F)c(F)c1C(=O)c1cc(-c2ccccc2)c(-c2ccccc2)c(-c2ccccc2)c1-c1ccccc1. The van der Waals surface area contributed by atoms with Crippen LogP contribution in [0.1, 0.15) is 31.8 Å². The number of carbonyl (C=O) groups excluding carboxylic acids is 2. The summed E-state index contributed by atoms with van der Waals surface area (Å²) in [7, 11) is 0. The van der Waals surface area contributed by atoms with Crippen molar-refractivity contribution in [2.75, 3.05) is 0 Å². The first-order valence-corrected chi connectivity index (χ1v) is 15.6. The van der Waals surface area contributed by atoms with Crippen LogP contribution in [0.4, 0.5) is 8.78 Å². The minimum Gasteiger partial charge on any atom is -0.289 e. The zero-order valence-electron chi connectivity index (χ0n) is 25.7. The molecule has 0 atom stereocenters. The maximum atomic E-state index is 16.1. The Kier molecular flexibility index (Phi) is 8.38. The zero-order valence-corrected chi connectivity index (χ0v) is 25.7. The Balaban J connectivity index is 1.63. The average molecular weight is 627 g/mol. The minimum absolute atomic E-state index is 0.144. The average Bonchev–Trinajstić information content (AvgIpc) is 3.16. The van der Waals surface area contributed by atoms with E-state index in [0.717, 1.165) is 39.4 Å². The lowest BCUT2D eigenvalue weighted by atomic mass is 9.78. The van der Waals surface area contributed by atoms with Crippen LogP contribution >= 0.6 is 0 Å². The molecule has 0 aliphatic rings. The van der Waals surface area contributed by atoms with Crippen LogP contribution in [0.5, 0.6) is 0 Å². The number of ketones is 2. The van der Waals surface area contributed by atoms with E-state index < -0.39 is 28.8 Å². The monoisotopic (exact) mass is 626 g/mol. The molecule has 7 aromatic carbocycles. The fourth-order valence-corrected chi connectivity index (χ4v) is 6.25. The normalized spacial score (nSPS) is 10.9. The molecule has 0 radical (unpaired) electrons. The molecule has 0 unspecified atom stereocenters. The van der Waals surface area contributed by atoms with Crippen molar-refractivity contribution in [3.05, 3.63) is 204 Å². The summed E-state index contributed by atoms with van der Waals surface area (Å²) in [5.74, 6) is -3.95. The lowest BCUT2D eigenvalue weighted by molar-refractivity contribution is 0.0999. The summed E-state index contributed by atoms with van der Waals surface area (Å²) in [6.07, 6.45) is 0. The van der Waals surface area contributed by atoms with Gasteiger partial charge in [-0.1, -0.05) is 152 Å². The Bertz CT molecular complexity index is 2250. The van der Waals surface area contributed by atoms with Gasteiger partial charge in [0.25, 0.3) is 0 Å². The van der Waals surface area contributed by atoms with Crippen LogP contribution in [-0.4, -0.2) is 11.6 Å². The van der Waals surface area contributed by atoms with Crippen molar-refractivity contribution in [2.24, 2.45) is 0 Å². The summed E-state index contributed by atoms with van der Waals surface area (Å²) in [5.41, 5.74) is 5.81. The van der Waals surface area contributed by atoms with Gasteiger partial charge in [-0.05, 0) is 57.1 Å². The Morgan fingerprint density at radius 1 is 0.396 bits per heavy atom. The molecule has 4 heteroatoms. The Morgan fingerprint density at radius 2 is 0.833 bits per heavy atom. The van der Waals surface area contributed by atoms with E-state index in [1.807, 2.05) is 121 Å². The molecule has 2 nitrogen and oxygen atoms in total. The highest BCUT2D eigenvalue weighted by atomic mass is 19.2. The van der Waals surface area contributed by atoms with Gasteiger partial charge in [0.05, 0.1) is 5.56 Å². The van der Waals surface area contributed by atoms with E-state index in [9.17, 15) is 4.79 Å². The predicted molar refractivity (Wildman–Crippen MR) is 188 cm³/mol. The molecule has 230 valence electrons. The van der Waals surface area contributed by atoms with E-state index in [0.29, 0.717) is 11.1 Å². The number of hydrogen-bond acceptors (Lipinski definition) is 2. The van der Waals surface area contributed by atoms with Crippen molar-refractivity contribution in [1.29, 1.82) is 0 Å². The largest absolute Gasteiger partial charge is 0.289 e. The number of benzene rings is 7. The second-order valence-electron chi connectivity index (χ2n) is 11.4. The van der Waals surface area contributed by atoms with Gasteiger partial charge in [-0.15, -0.1) is 0 Å².